The van der Waals surface area contributed by atoms with Crippen molar-refractivity contribution in [2.75, 3.05) is 5.32 Å². The molecule has 1 aliphatic rings. The van der Waals surface area contributed by atoms with Gasteiger partial charge in [-0.2, -0.15) is 5.10 Å². The Morgan fingerprint density at radius 3 is 2.68 bits per heavy atom. The lowest BCUT2D eigenvalue weighted by atomic mass is 10.0. The number of pyridine rings is 1. The van der Waals surface area contributed by atoms with E-state index < -0.39 is 0 Å². The van der Waals surface area contributed by atoms with Crippen LogP contribution in [0.2, 0.25) is 0 Å². The number of nitrogens with zero attached hydrogens (tertiary/aromatic N) is 2. The van der Waals surface area contributed by atoms with Crippen LogP contribution in [0.3, 0.4) is 0 Å². The Labute approximate surface area is 127 Å². The smallest absolute Gasteiger partial charge is 0.221 e. The van der Waals surface area contributed by atoms with Crippen molar-refractivity contribution in [2.45, 2.75) is 25.7 Å². The number of rotatable bonds is 3. The summed E-state index contributed by atoms with van der Waals surface area (Å²) in [4.78, 5) is 15.5. The Hall–Kier alpha value is -2.69. The number of aromatic amines is 1. The molecular formula is C17H16N4O. The van der Waals surface area contributed by atoms with E-state index in [1.54, 1.807) is 6.20 Å². The molecule has 4 rings (SSSR count). The fourth-order valence-corrected chi connectivity index (χ4v) is 2.81. The third kappa shape index (κ3) is 2.24. The molecule has 1 saturated carbocycles. The summed E-state index contributed by atoms with van der Waals surface area (Å²) in [6, 6.07) is 9.89. The van der Waals surface area contributed by atoms with E-state index in [0.717, 1.165) is 27.8 Å². The van der Waals surface area contributed by atoms with Gasteiger partial charge in [-0.1, -0.05) is 12.1 Å². The van der Waals surface area contributed by atoms with Crippen LogP contribution in [-0.4, -0.2) is 21.1 Å². The van der Waals surface area contributed by atoms with E-state index >= 15 is 0 Å². The molecule has 2 aromatic heterocycles. The van der Waals surface area contributed by atoms with Gasteiger partial charge in [-0.3, -0.25) is 9.89 Å². The van der Waals surface area contributed by atoms with Gasteiger partial charge in [0, 0.05) is 30.4 Å². The van der Waals surface area contributed by atoms with E-state index in [1.807, 2.05) is 30.3 Å². The van der Waals surface area contributed by atoms with Crippen LogP contribution in [0.15, 0.2) is 36.5 Å². The highest BCUT2D eigenvalue weighted by molar-refractivity contribution is 5.95. The maximum absolute atomic E-state index is 11.1. The lowest BCUT2D eigenvalue weighted by Crippen LogP contribution is -2.05. The molecule has 1 fully saturated rings. The molecule has 0 unspecified atom stereocenters. The minimum atomic E-state index is -0.0649. The number of anilines is 1. The quantitative estimate of drug-likeness (QED) is 0.776. The molecule has 5 heteroatoms. The van der Waals surface area contributed by atoms with Crippen LogP contribution in [-0.2, 0) is 4.79 Å². The van der Waals surface area contributed by atoms with Crippen molar-refractivity contribution in [1.82, 2.24) is 15.2 Å². The molecule has 0 saturated heterocycles. The molecule has 22 heavy (non-hydrogen) atoms. The highest BCUT2D eigenvalue weighted by atomic mass is 16.1. The Kier molecular flexibility index (Phi) is 2.92. The Bertz CT molecular complexity index is 847. The lowest BCUT2D eigenvalue weighted by Gasteiger charge is -2.07. The second-order valence-electron chi connectivity index (χ2n) is 5.73. The molecule has 0 aliphatic heterocycles. The molecule has 0 atom stereocenters. The molecule has 0 bridgehead atoms. The van der Waals surface area contributed by atoms with Crippen LogP contribution in [0.1, 0.15) is 31.4 Å². The second kappa shape index (κ2) is 4.94. The van der Waals surface area contributed by atoms with Crippen molar-refractivity contribution in [3.05, 3.63) is 42.2 Å². The second-order valence-corrected chi connectivity index (χ2v) is 5.73. The van der Waals surface area contributed by atoms with Gasteiger partial charge >= 0.3 is 0 Å². The van der Waals surface area contributed by atoms with Crippen LogP contribution in [0, 0.1) is 0 Å². The number of nitrogens with one attached hydrogen (secondary N) is 2. The number of carbonyl (C=O) groups excluding carboxylic acids is 1. The largest absolute Gasteiger partial charge is 0.326 e. The predicted octanol–water partition coefficient (Wildman–Crippen LogP) is 3.46. The molecule has 1 amide bonds. The number of aromatic nitrogens is 3. The molecule has 1 aliphatic carbocycles. The van der Waals surface area contributed by atoms with Crippen molar-refractivity contribution in [1.29, 1.82) is 0 Å². The van der Waals surface area contributed by atoms with E-state index in [4.69, 9.17) is 0 Å². The van der Waals surface area contributed by atoms with E-state index in [2.05, 4.69) is 20.5 Å². The van der Waals surface area contributed by atoms with Crippen LogP contribution in [0.4, 0.5) is 5.69 Å². The zero-order valence-corrected chi connectivity index (χ0v) is 12.3. The van der Waals surface area contributed by atoms with Crippen molar-refractivity contribution < 1.29 is 4.79 Å². The SMILES string of the molecule is CC(=O)Nc1ccc(-c2ccnc3n[nH]c(C4CC4)c23)cc1. The predicted molar refractivity (Wildman–Crippen MR) is 85.6 cm³/mol. The van der Waals surface area contributed by atoms with Crippen LogP contribution in [0.25, 0.3) is 22.2 Å². The number of carbonyl (C=O) groups is 1. The van der Waals surface area contributed by atoms with Crippen molar-refractivity contribution in [3.8, 4) is 11.1 Å². The number of fused-ring (bicyclic) bond motifs is 1. The summed E-state index contributed by atoms with van der Waals surface area (Å²) >= 11 is 0. The molecule has 110 valence electrons. The van der Waals surface area contributed by atoms with Gasteiger partial charge in [0.05, 0.1) is 5.39 Å². The highest BCUT2D eigenvalue weighted by Crippen LogP contribution is 2.44. The topological polar surface area (TPSA) is 70.7 Å². The van der Waals surface area contributed by atoms with E-state index in [9.17, 15) is 4.79 Å². The average molecular weight is 292 g/mol. The summed E-state index contributed by atoms with van der Waals surface area (Å²) in [5.41, 5.74) is 5.00. The highest BCUT2D eigenvalue weighted by Gasteiger charge is 2.28. The van der Waals surface area contributed by atoms with Gasteiger partial charge < -0.3 is 5.32 Å². The van der Waals surface area contributed by atoms with Gasteiger partial charge in [-0.05, 0) is 42.2 Å². The summed E-state index contributed by atoms with van der Waals surface area (Å²) in [5, 5.41) is 11.4. The average Bonchev–Trinajstić information content (AvgIpc) is 3.26. The third-order valence-corrected chi connectivity index (χ3v) is 3.98. The summed E-state index contributed by atoms with van der Waals surface area (Å²) in [6.45, 7) is 1.51. The van der Waals surface area contributed by atoms with Crippen LogP contribution < -0.4 is 5.32 Å². The van der Waals surface area contributed by atoms with Gasteiger partial charge in [0.25, 0.3) is 0 Å². The van der Waals surface area contributed by atoms with Gasteiger partial charge in [0.15, 0.2) is 5.65 Å². The summed E-state index contributed by atoms with van der Waals surface area (Å²) in [6.07, 6.45) is 4.22. The standard InChI is InChI=1S/C17H16N4O/c1-10(22)19-13-6-4-11(5-7-13)14-8-9-18-17-15(14)16(20-21-17)12-2-3-12/h4-9,12H,2-3H2,1H3,(H,19,22)(H,18,20,21). The van der Waals surface area contributed by atoms with Crippen molar-refractivity contribution >= 4 is 22.6 Å². The molecule has 0 radical (unpaired) electrons. The fourth-order valence-electron chi connectivity index (χ4n) is 2.81. The van der Waals surface area contributed by atoms with Crippen LogP contribution >= 0.6 is 0 Å². The Morgan fingerprint density at radius 1 is 1.23 bits per heavy atom. The molecule has 2 N–H and O–H groups in total. The maximum Gasteiger partial charge on any atom is 0.221 e. The number of benzene rings is 1. The maximum atomic E-state index is 11.1. The van der Waals surface area contributed by atoms with Gasteiger partial charge in [-0.25, -0.2) is 4.98 Å². The molecule has 3 aromatic rings. The van der Waals surface area contributed by atoms with Gasteiger partial charge in [0.1, 0.15) is 0 Å². The van der Waals surface area contributed by atoms with Crippen molar-refractivity contribution in [2.24, 2.45) is 0 Å². The fraction of sp³-hybridized carbons (Fsp3) is 0.235. The van der Waals surface area contributed by atoms with E-state index in [1.165, 1.54) is 25.5 Å². The summed E-state index contributed by atoms with van der Waals surface area (Å²) in [5.74, 6) is 0.525. The monoisotopic (exact) mass is 292 g/mol. The Balaban J connectivity index is 1.80. The molecule has 2 heterocycles. The number of hydrogen-bond acceptors (Lipinski definition) is 3. The first-order valence-corrected chi connectivity index (χ1v) is 7.43. The minimum absolute atomic E-state index is 0.0649. The van der Waals surface area contributed by atoms with E-state index in [0.29, 0.717) is 5.92 Å². The molecular weight excluding hydrogens is 276 g/mol. The van der Waals surface area contributed by atoms with Gasteiger partial charge in [0.2, 0.25) is 5.91 Å². The zero-order valence-electron chi connectivity index (χ0n) is 12.3. The lowest BCUT2D eigenvalue weighted by molar-refractivity contribution is -0.114. The Morgan fingerprint density at radius 2 is 2.00 bits per heavy atom. The number of H-pyrrole nitrogens is 1. The zero-order chi connectivity index (χ0) is 15.1. The summed E-state index contributed by atoms with van der Waals surface area (Å²) < 4.78 is 0. The number of amides is 1. The van der Waals surface area contributed by atoms with E-state index in [-0.39, 0.29) is 5.91 Å². The summed E-state index contributed by atoms with van der Waals surface area (Å²) in [7, 11) is 0. The normalized spacial score (nSPS) is 14.2. The molecule has 1 aromatic carbocycles. The first-order chi connectivity index (χ1) is 10.7. The van der Waals surface area contributed by atoms with Gasteiger partial charge in [-0.15, -0.1) is 0 Å². The minimum Gasteiger partial charge on any atom is -0.326 e. The molecule has 0 spiro atoms. The number of hydrogen-bond donors (Lipinski definition) is 2. The van der Waals surface area contributed by atoms with Crippen LogP contribution in [0.5, 0.6) is 0 Å². The van der Waals surface area contributed by atoms with Crippen molar-refractivity contribution in [3.63, 3.8) is 0 Å². The third-order valence-electron chi connectivity index (χ3n) is 3.98. The first kappa shape index (κ1) is 13.0. The molecule has 5 nitrogen and oxygen atoms in total. The first-order valence-electron chi connectivity index (χ1n) is 7.43.